The van der Waals surface area contributed by atoms with Crippen molar-refractivity contribution in [3.05, 3.63) is 77.2 Å². The molecule has 0 aliphatic rings. The zero-order valence-electron chi connectivity index (χ0n) is 15.7. The minimum Gasteiger partial charge on any atom is -0.363 e. The van der Waals surface area contributed by atoms with Crippen LogP contribution in [-0.2, 0) is 6.54 Å². The normalized spacial score (nSPS) is 10.6. The first kappa shape index (κ1) is 17.7. The largest absolute Gasteiger partial charge is 0.363 e. The van der Waals surface area contributed by atoms with Crippen molar-refractivity contribution >= 4 is 11.7 Å². The van der Waals surface area contributed by atoms with E-state index in [0.717, 1.165) is 28.5 Å². The molecule has 134 valence electrons. The molecule has 0 bridgehead atoms. The summed E-state index contributed by atoms with van der Waals surface area (Å²) in [6, 6.07) is 15.9. The molecule has 3 rings (SSSR count). The Morgan fingerprint density at radius 2 is 1.85 bits per heavy atom. The van der Waals surface area contributed by atoms with Gasteiger partial charge in [-0.15, -0.1) is 0 Å². The van der Waals surface area contributed by atoms with E-state index in [1.165, 1.54) is 0 Å². The van der Waals surface area contributed by atoms with E-state index in [2.05, 4.69) is 14.9 Å². The van der Waals surface area contributed by atoms with Crippen molar-refractivity contribution in [3.63, 3.8) is 0 Å². The standard InChI is InChI=1S/C21H24N4O/c1-15-12-19(16(2)25(15)18-8-6-5-7-9-18)21(26)23-14-17-10-11-20(22-13-17)24(3)4/h5-13H,14H2,1-4H3,(H,23,26). The second-order valence-corrected chi connectivity index (χ2v) is 6.56. The van der Waals surface area contributed by atoms with Gasteiger partial charge in [0.2, 0.25) is 0 Å². The summed E-state index contributed by atoms with van der Waals surface area (Å²) in [6.07, 6.45) is 1.79. The lowest BCUT2D eigenvalue weighted by Crippen LogP contribution is -2.23. The third-order valence-corrected chi connectivity index (χ3v) is 4.41. The number of nitrogens with zero attached hydrogens (tertiary/aromatic N) is 3. The van der Waals surface area contributed by atoms with E-state index >= 15 is 0 Å². The van der Waals surface area contributed by atoms with Crippen LogP contribution in [0.15, 0.2) is 54.7 Å². The zero-order chi connectivity index (χ0) is 18.7. The molecule has 5 nitrogen and oxygen atoms in total. The summed E-state index contributed by atoms with van der Waals surface area (Å²) in [5, 5.41) is 2.99. The Labute approximate surface area is 154 Å². The van der Waals surface area contributed by atoms with Crippen molar-refractivity contribution in [2.24, 2.45) is 0 Å². The summed E-state index contributed by atoms with van der Waals surface area (Å²) >= 11 is 0. The number of para-hydroxylation sites is 1. The molecule has 0 spiro atoms. The summed E-state index contributed by atoms with van der Waals surface area (Å²) < 4.78 is 2.10. The van der Waals surface area contributed by atoms with E-state index in [1.807, 2.05) is 81.4 Å². The minimum absolute atomic E-state index is 0.0723. The van der Waals surface area contributed by atoms with Crippen molar-refractivity contribution in [3.8, 4) is 5.69 Å². The zero-order valence-corrected chi connectivity index (χ0v) is 15.7. The molecule has 2 aromatic heterocycles. The number of pyridine rings is 1. The van der Waals surface area contributed by atoms with Crippen LogP contribution in [0.1, 0.15) is 27.3 Å². The van der Waals surface area contributed by atoms with Gasteiger partial charge in [-0.25, -0.2) is 4.98 Å². The number of amides is 1. The maximum Gasteiger partial charge on any atom is 0.253 e. The lowest BCUT2D eigenvalue weighted by Gasteiger charge is -2.12. The van der Waals surface area contributed by atoms with Crippen LogP contribution < -0.4 is 10.2 Å². The summed E-state index contributed by atoms with van der Waals surface area (Å²) in [6.45, 7) is 4.44. The van der Waals surface area contributed by atoms with Crippen molar-refractivity contribution in [2.45, 2.75) is 20.4 Å². The summed E-state index contributed by atoms with van der Waals surface area (Å²) in [5.41, 5.74) is 4.71. The van der Waals surface area contributed by atoms with E-state index in [4.69, 9.17) is 0 Å². The van der Waals surface area contributed by atoms with Crippen LogP contribution in [0, 0.1) is 13.8 Å². The molecule has 2 heterocycles. The van der Waals surface area contributed by atoms with E-state index in [9.17, 15) is 4.79 Å². The van der Waals surface area contributed by atoms with Gasteiger partial charge in [0, 0.05) is 43.9 Å². The predicted molar refractivity (Wildman–Crippen MR) is 105 cm³/mol. The fourth-order valence-corrected chi connectivity index (χ4v) is 3.03. The van der Waals surface area contributed by atoms with E-state index < -0.39 is 0 Å². The van der Waals surface area contributed by atoms with Gasteiger partial charge < -0.3 is 14.8 Å². The van der Waals surface area contributed by atoms with Gasteiger partial charge in [0.25, 0.3) is 5.91 Å². The van der Waals surface area contributed by atoms with Gasteiger partial charge in [0.15, 0.2) is 0 Å². The van der Waals surface area contributed by atoms with Crippen molar-refractivity contribution in [2.75, 3.05) is 19.0 Å². The Kier molecular flexibility index (Phi) is 5.07. The number of aryl methyl sites for hydroxylation is 1. The number of benzene rings is 1. The van der Waals surface area contributed by atoms with E-state index in [-0.39, 0.29) is 5.91 Å². The number of carbonyl (C=O) groups excluding carboxylic acids is 1. The Morgan fingerprint density at radius 3 is 2.46 bits per heavy atom. The molecule has 0 aliphatic heterocycles. The average Bonchev–Trinajstić information content (AvgIpc) is 2.95. The minimum atomic E-state index is -0.0723. The second kappa shape index (κ2) is 7.44. The smallest absolute Gasteiger partial charge is 0.253 e. The quantitative estimate of drug-likeness (QED) is 0.768. The molecule has 0 saturated heterocycles. The molecule has 0 atom stereocenters. The van der Waals surface area contributed by atoms with Crippen LogP contribution in [-0.4, -0.2) is 29.6 Å². The highest BCUT2D eigenvalue weighted by molar-refractivity contribution is 5.95. The van der Waals surface area contributed by atoms with Gasteiger partial charge in [0.1, 0.15) is 5.82 Å². The molecular formula is C21H24N4O. The van der Waals surface area contributed by atoms with Gasteiger partial charge in [-0.1, -0.05) is 24.3 Å². The molecule has 0 saturated carbocycles. The lowest BCUT2D eigenvalue weighted by atomic mass is 10.2. The first-order valence-corrected chi connectivity index (χ1v) is 8.62. The number of carbonyl (C=O) groups is 1. The Bertz CT molecular complexity index is 896. The molecule has 0 radical (unpaired) electrons. The van der Waals surface area contributed by atoms with Crippen molar-refractivity contribution in [1.82, 2.24) is 14.9 Å². The van der Waals surface area contributed by atoms with Gasteiger partial charge in [-0.2, -0.15) is 0 Å². The molecule has 0 unspecified atom stereocenters. The van der Waals surface area contributed by atoms with Crippen molar-refractivity contribution in [1.29, 1.82) is 0 Å². The lowest BCUT2D eigenvalue weighted by molar-refractivity contribution is 0.0950. The molecule has 1 N–H and O–H groups in total. The SMILES string of the molecule is Cc1cc(C(=O)NCc2ccc(N(C)C)nc2)c(C)n1-c1ccccc1. The van der Waals surface area contributed by atoms with Gasteiger partial charge in [-0.05, 0) is 43.7 Å². The van der Waals surface area contributed by atoms with Gasteiger partial charge in [0.05, 0.1) is 5.56 Å². The molecular weight excluding hydrogens is 324 g/mol. The average molecular weight is 348 g/mol. The first-order chi connectivity index (χ1) is 12.5. The molecule has 3 aromatic rings. The molecule has 1 aromatic carbocycles. The highest BCUT2D eigenvalue weighted by Gasteiger charge is 2.16. The van der Waals surface area contributed by atoms with E-state index in [0.29, 0.717) is 12.1 Å². The maximum atomic E-state index is 12.7. The monoisotopic (exact) mass is 348 g/mol. The Morgan fingerprint density at radius 1 is 1.12 bits per heavy atom. The first-order valence-electron chi connectivity index (χ1n) is 8.62. The third-order valence-electron chi connectivity index (χ3n) is 4.41. The molecule has 5 heteroatoms. The number of aromatic nitrogens is 2. The highest BCUT2D eigenvalue weighted by atomic mass is 16.1. The molecule has 1 amide bonds. The number of hydrogen-bond acceptors (Lipinski definition) is 3. The van der Waals surface area contributed by atoms with Crippen LogP contribution in [0.3, 0.4) is 0 Å². The fraction of sp³-hybridized carbons (Fsp3) is 0.238. The van der Waals surface area contributed by atoms with Crippen LogP contribution in [0.4, 0.5) is 5.82 Å². The number of nitrogens with one attached hydrogen (secondary N) is 1. The number of hydrogen-bond donors (Lipinski definition) is 1. The van der Waals surface area contributed by atoms with E-state index in [1.54, 1.807) is 6.20 Å². The van der Waals surface area contributed by atoms with Crippen LogP contribution in [0.2, 0.25) is 0 Å². The highest BCUT2D eigenvalue weighted by Crippen LogP contribution is 2.20. The maximum absolute atomic E-state index is 12.7. The fourth-order valence-electron chi connectivity index (χ4n) is 3.03. The number of anilines is 1. The molecule has 26 heavy (non-hydrogen) atoms. The predicted octanol–water partition coefficient (Wildman–Crippen LogP) is 3.49. The van der Waals surface area contributed by atoms with Crippen molar-refractivity contribution < 1.29 is 4.79 Å². The van der Waals surface area contributed by atoms with Crippen LogP contribution in [0.5, 0.6) is 0 Å². The molecule has 0 fully saturated rings. The molecule has 0 aliphatic carbocycles. The topological polar surface area (TPSA) is 50.2 Å². The summed E-state index contributed by atoms with van der Waals surface area (Å²) in [5.74, 6) is 0.823. The van der Waals surface area contributed by atoms with Gasteiger partial charge >= 0.3 is 0 Å². The summed E-state index contributed by atoms with van der Waals surface area (Å²) in [4.78, 5) is 19.0. The summed E-state index contributed by atoms with van der Waals surface area (Å²) in [7, 11) is 3.90. The Balaban J connectivity index is 1.74. The van der Waals surface area contributed by atoms with Gasteiger partial charge in [-0.3, -0.25) is 4.79 Å². The van der Waals surface area contributed by atoms with Crippen LogP contribution >= 0.6 is 0 Å². The number of rotatable bonds is 5. The second-order valence-electron chi connectivity index (χ2n) is 6.56. The Hall–Kier alpha value is -3.08. The van der Waals surface area contributed by atoms with Crippen LogP contribution in [0.25, 0.3) is 5.69 Å². The third kappa shape index (κ3) is 3.61.